The summed E-state index contributed by atoms with van der Waals surface area (Å²) < 4.78 is 0. The number of benzene rings is 2. The molecule has 2 aromatic carbocycles. The fourth-order valence-electron chi connectivity index (χ4n) is 2.58. The molecule has 2 nitrogen and oxygen atoms in total. The maximum Gasteiger partial charge on any atom is 0.185 e. The number of rotatable bonds is 2. The molecule has 3 rings (SSSR count). The van der Waals surface area contributed by atoms with Crippen molar-refractivity contribution in [3.05, 3.63) is 77.9 Å². The molecule has 0 amide bonds. The van der Waals surface area contributed by atoms with Gasteiger partial charge in [-0.05, 0) is 22.8 Å². The molecule has 0 aliphatic heterocycles. The van der Waals surface area contributed by atoms with Crippen LogP contribution in [0.3, 0.4) is 0 Å². The Kier molecular flexibility index (Phi) is 3.02. The molecule has 1 N–H and O–H groups in total. The van der Waals surface area contributed by atoms with Crippen molar-refractivity contribution in [2.24, 2.45) is 0 Å². The summed E-state index contributed by atoms with van der Waals surface area (Å²) >= 11 is 0. The van der Waals surface area contributed by atoms with Crippen LogP contribution < -0.4 is 0 Å². The van der Waals surface area contributed by atoms with Crippen LogP contribution in [0.15, 0.2) is 66.7 Å². The lowest BCUT2D eigenvalue weighted by atomic mass is 9.87. The van der Waals surface area contributed by atoms with Gasteiger partial charge in [0, 0.05) is 5.92 Å². The lowest BCUT2D eigenvalue weighted by Crippen LogP contribution is -2.21. The summed E-state index contributed by atoms with van der Waals surface area (Å²) in [6.45, 7) is 0. The van der Waals surface area contributed by atoms with E-state index in [2.05, 4.69) is 0 Å². The Morgan fingerprint density at radius 3 is 2.05 bits per heavy atom. The zero-order valence-electron chi connectivity index (χ0n) is 10.4. The van der Waals surface area contributed by atoms with Gasteiger partial charge in [-0.1, -0.05) is 60.7 Å². The minimum atomic E-state index is -0.974. The van der Waals surface area contributed by atoms with Crippen LogP contribution in [-0.2, 0) is 4.79 Å². The standard InChI is InChI=1S/C17H14O2/c18-15-11-14(12-7-3-1-4-8-12)16(17(15)19)13-9-5-2-6-10-13/h1-11,16-17,19H/t16-,17+/m1/s1. The maximum atomic E-state index is 11.8. The van der Waals surface area contributed by atoms with E-state index < -0.39 is 6.10 Å². The topological polar surface area (TPSA) is 37.3 Å². The molecule has 2 heteroatoms. The number of aliphatic hydroxyl groups is 1. The summed E-state index contributed by atoms with van der Waals surface area (Å²) in [4.78, 5) is 11.8. The summed E-state index contributed by atoms with van der Waals surface area (Å²) in [5.74, 6) is -0.483. The monoisotopic (exact) mass is 250 g/mol. The summed E-state index contributed by atoms with van der Waals surface area (Å²) in [6, 6.07) is 19.4. The highest BCUT2D eigenvalue weighted by Crippen LogP contribution is 2.39. The van der Waals surface area contributed by atoms with Crippen LogP contribution in [0.25, 0.3) is 5.57 Å². The van der Waals surface area contributed by atoms with E-state index in [9.17, 15) is 9.90 Å². The van der Waals surface area contributed by atoms with Gasteiger partial charge in [0.15, 0.2) is 5.78 Å². The van der Waals surface area contributed by atoms with Gasteiger partial charge in [-0.3, -0.25) is 4.79 Å². The number of aliphatic hydroxyl groups excluding tert-OH is 1. The van der Waals surface area contributed by atoms with Crippen molar-refractivity contribution >= 4 is 11.4 Å². The fraction of sp³-hybridized carbons (Fsp3) is 0.118. The van der Waals surface area contributed by atoms with E-state index in [1.165, 1.54) is 0 Å². The first-order valence-corrected chi connectivity index (χ1v) is 6.31. The first-order valence-electron chi connectivity index (χ1n) is 6.31. The third-order valence-electron chi connectivity index (χ3n) is 3.51. The van der Waals surface area contributed by atoms with E-state index in [-0.39, 0.29) is 11.7 Å². The van der Waals surface area contributed by atoms with Gasteiger partial charge in [-0.25, -0.2) is 0 Å². The Balaban J connectivity index is 2.07. The Labute approximate surface area is 112 Å². The van der Waals surface area contributed by atoms with Crippen LogP contribution in [0.4, 0.5) is 0 Å². The van der Waals surface area contributed by atoms with Crippen molar-refractivity contribution in [1.82, 2.24) is 0 Å². The molecule has 2 atom stereocenters. The van der Waals surface area contributed by atoms with Crippen LogP contribution in [-0.4, -0.2) is 17.0 Å². The second-order valence-corrected chi connectivity index (χ2v) is 4.70. The molecular weight excluding hydrogens is 236 g/mol. The van der Waals surface area contributed by atoms with Crippen molar-refractivity contribution in [3.63, 3.8) is 0 Å². The van der Waals surface area contributed by atoms with Gasteiger partial charge in [0.2, 0.25) is 0 Å². The lowest BCUT2D eigenvalue weighted by Gasteiger charge is -2.18. The molecule has 0 fully saturated rings. The third kappa shape index (κ3) is 2.11. The van der Waals surface area contributed by atoms with Crippen LogP contribution in [0, 0.1) is 0 Å². The van der Waals surface area contributed by atoms with Crippen LogP contribution in [0.1, 0.15) is 17.0 Å². The van der Waals surface area contributed by atoms with Gasteiger partial charge in [0.1, 0.15) is 6.10 Å². The fourth-order valence-corrected chi connectivity index (χ4v) is 2.58. The zero-order chi connectivity index (χ0) is 13.2. The molecular formula is C17H14O2. The molecule has 0 bridgehead atoms. The molecule has 0 saturated carbocycles. The Bertz CT molecular complexity index is 614. The molecule has 0 radical (unpaired) electrons. The van der Waals surface area contributed by atoms with Gasteiger partial charge in [-0.2, -0.15) is 0 Å². The minimum absolute atomic E-state index is 0.215. The van der Waals surface area contributed by atoms with Gasteiger partial charge in [-0.15, -0.1) is 0 Å². The highest BCUT2D eigenvalue weighted by atomic mass is 16.3. The first kappa shape index (κ1) is 11.9. The lowest BCUT2D eigenvalue weighted by molar-refractivity contribution is -0.121. The van der Waals surface area contributed by atoms with E-state index in [1.807, 2.05) is 60.7 Å². The van der Waals surface area contributed by atoms with Crippen molar-refractivity contribution < 1.29 is 9.90 Å². The molecule has 0 heterocycles. The summed E-state index contributed by atoms with van der Waals surface area (Å²) in [6.07, 6.45) is 0.593. The van der Waals surface area contributed by atoms with E-state index in [0.29, 0.717) is 0 Å². The zero-order valence-corrected chi connectivity index (χ0v) is 10.4. The molecule has 1 aliphatic carbocycles. The van der Waals surface area contributed by atoms with Crippen LogP contribution in [0.2, 0.25) is 0 Å². The molecule has 94 valence electrons. The van der Waals surface area contributed by atoms with Gasteiger partial charge in [0.25, 0.3) is 0 Å². The number of carbonyl (C=O) groups excluding carboxylic acids is 1. The van der Waals surface area contributed by atoms with Crippen molar-refractivity contribution in [3.8, 4) is 0 Å². The predicted octanol–water partition coefficient (Wildman–Crippen LogP) is 2.80. The van der Waals surface area contributed by atoms with E-state index in [1.54, 1.807) is 6.08 Å². The molecule has 19 heavy (non-hydrogen) atoms. The van der Waals surface area contributed by atoms with E-state index in [0.717, 1.165) is 16.7 Å². The Hall–Kier alpha value is -2.19. The molecule has 0 unspecified atom stereocenters. The van der Waals surface area contributed by atoms with E-state index >= 15 is 0 Å². The molecule has 1 aliphatic rings. The highest BCUT2D eigenvalue weighted by molar-refractivity contribution is 6.07. The molecule has 2 aromatic rings. The second-order valence-electron chi connectivity index (χ2n) is 4.70. The van der Waals surface area contributed by atoms with Crippen LogP contribution in [0.5, 0.6) is 0 Å². The highest BCUT2D eigenvalue weighted by Gasteiger charge is 2.36. The average Bonchev–Trinajstić information content (AvgIpc) is 2.77. The summed E-state index contributed by atoms with van der Waals surface area (Å²) in [7, 11) is 0. The largest absolute Gasteiger partial charge is 0.384 e. The van der Waals surface area contributed by atoms with Crippen molar-refractivity contribution in [1.29, 1.82) is 0 Å². The average molecular weight is 250 g/mol. The molecule has 0 saturated heterocycles. The van der Waals surface area contributed by atoms with Gasteiger partial charge in [0.05, 0.1) is 0 Å². The summed E-state index contributed by atoms with van der Waals surface area (Å²) in [5, 5.41) is 10.1. The number of hydrogen-bond donors (Lipinski definition) is 1. The van der Waals surface area contributed by atoms with Gasteiger partial charge >= 0.3 is 0 Å². The molecule has 0 spiro atoms. The van der Waals surface area contributed by atoms with Crippen LogP contribution >= 0.6 is 0 Å². The number of carbonyl (C=O) groups is 1. The van der Waals surface area contributed by atoms with Gasteiger partial charge < -0.3 is 5.11 Å². The SMILES string of the molecule is O=C1C=C(c2ccccc2)[C@@H](c2ccccc2)[C@H]1O. The van der Waals surface area contributed by atoms with Crippen molar-refractivity contribution in [2.45, 2.75) is 12.0 Å². The van der Waals surface area contributed by atoms with Crippen molar-refractivity contribution in [2.75, 3.05) is 0 Å². The number of hydrogen-bond acceptors (Lipinski definition) is 2. The quantitative estimate of drug-likeness (QED) is 0.890. The van der Waals surface area contributed by atoms with E-state index in [4.69, 9.17) is 0 Å². The minimum Gasteiger partial charge on any atom is -0.384 e. The smallest absolute Gasteiger partial charge is 0.185 e. The number of ketones is 1. The second kappa shape index (κ2) is 4.82. The molecule has 0 aromatic heterocycles. The third-order valence-corrected chi connectivity index (χ3v) is 3.51. The maximum absolute atomic E-state index is 11.8. The normalized spacial score (nSPS) is 22.4. The first-order chi connectivity index (χ1) is 9.27. The Morgan fingerprint density at radius 2 is 1.42 bits per heavy atom. The summed E-state index contributed by atoms with van der Waals surface area (Å²) in [5.41, 5.74) is 2.85. The Morgan fingerprint density at radius 1 is 0.842 bits per heavy atom. The predicted molar refractivity (Wildman–Crippen MR) is 74.6 cm³/mol.